The lowest BCUT2D eigenvalue weighted by Gasteiger charge is -2.28. The van der Waals surface area contributed by atoms with Crippen molar-refractivity contribution < 1.29 is 48.3 Å². The summed E-state index contributed by atoms with van der Waals surface area (Å²) < 4.78 is 0. The van der Waals surface area contributed by atoms with E-state index in [2.05, 4.69) is 54.8 Å². The summed E-state index contributed by atoms with van der Waals surface area (Å²) in [6, 6.07) is -1.54. The summed E-state index contributed by atoms with van der Waals surface area (Å²) in [5.74, 6) is -7.09. The third-order valence-electron chi connectivity index (χ3n) is 12.4. The molecule has 1 fully saturated rings. The second-order valence-electron chi connectivity index (χ2n) is 19.9. The quantitative estimate of drug-likeness (QED) is 0.0482. The zero-order valence-electron chi connectivity index (χ0n) is 44.3. The molecule has 0 spiro atoms. The van der Waals surface area contributed by atoms with Gasteiger partial charge in [-0.2, -0.15) is 0 Å². The van der Waals surface area contributed by atoms with Crippen LogP contribution in [0.5, 0.6) is 0 Å². The van der Waals surface area contributed by atoms with Crippen LogP contribution in [-0.4, -0.2) is 145 Å². The number of hydrogen-bond acceptors (Lipinski definition) is 14. The Kier molecular flexibility index (Phi) is 30.8. The number of nitrogens with two attached hydrogens (primary N) is 4. The predicted octanol–water partition coefficient (Wildman–Crippen LogP) is -1.77. The van der Waals surface area contributed by atoms with Crippen molar-refractivity contribution in [2.24, 2.45) is 34.8 Å². The van der Waals surface area contributed by atoms with Crippen LogP contribution in [0.1, 0.15) is 130 Å². The molecule has 9 unspecified atom stereocenters. The maximum Gasteiger partial charge on any atom is 0.243 e. The first-order valence-corrected chi connectivity index (χ1v) is 26.5. The molecule has 9 amide bonds. The number of nitrogens with one attached hydrogen (secondary N) is 9. The SMILES string of the molecule is CCCCCCCC(O)CC(=O)NC(CCN)C(=O)NC1CCNC(=O)C(CC(C)C)NC(=O)C(CCN)NC(=O)C(CCN)NC(=O)C(Cc2ccccc2)NC(=O)C(CC(C)C)NC(=O)C(CCN)NC1=O. The molecule has 0 saturated carbocycles. The highest BCUT2D eigenvalue weighted by atomic mass is 16.3. The molecule has 9 atom stereocenters. The van der Waals surface area contributed by atoms with Crippen molar-refractivity contribution in [3.63, 3.8) is 0 Å². The number of amides is 9. The summed E-state index contributed by atoms with van der Waals surface area (Å²) in [7, 11) is 0. The highest BCUT2D eigenvalue weighted by Gasteiger charge is 2.35. The van der Waals surface area contributed by atoms with Crippen LogP contribution < -0.4 is 70.8 Å². The van der Waals surface area contributed by atoms with Gasteiger partial charge in [-0.3, -0.25) is 43.2 Å². The van der Waals surface area contributed by atoms with E-state index in [0.717, 1.165) is 32.1 Å². The Hall–Kier alpha value is -5.75. The van der Waals surface area contributed by atoms with Gasteiger partial charge in [-0.15, -0.1) is 0 Å². The molecular formula is C51H89N13O10. The smallest absolute Gasteiger partial charge is 0.243 e. The molecule has 1 saturated heterocycles. The van der Waals surface area contributed by atoms with Crippen molar-refractivity contribution in [3.8, 4) is 0 Å². The molecule has 23 heteroatoms. The normalized spacial score (nSPS) is 23.0. The van der Waals surface area contributed by atoms with Crippen molar-refractivity contribution in [1.29, 1.82) is 0 Å². The summed E-state index contributed by atoms with van der Waals surface area (Å²) in [4.78, 5) is 126. The van der Waals surface area contributed by atoms with Crippen LogP contribution in [0.3, 0.4) is 0 Å². The van der Waals surface area contributed by atoms with Crippen molar-refractivity contribution >= 4 is 53.2 Å². The molecule has 23 nitrogen and oxygen atoms in total. The summed E-state index contributed by atoms with van der Waals surface area (Å²) in [6.45, 7) is 8.89. The standard InChI is InChI=1S/C51H89N13O10/c1-6-7-8-9-13-16-34(65)30-43(66)57-35(17-22-52)45(68)61-39-21-26-56-44(67)40(27-31(2)3)62-47(70)37(19-24-54)58-46(69)36(18-23-53)60-51(74)42(29-33-14-11-10-12-15-33)64-50(73)41(28-32(4)5)63-48(71)38(20-25-55)59-49(39)72/h10-12,14-15,31-32,34-42,65H,6-9,13,16-30,52-55H2,1-5H3,(H,56,67)(H,57,66)(H,58,69)(H,59,72)(H,60,74)(H,61,68)(H,62,70)(H,63,71)(H,64,73). The molecule has 418 valence electrons. The first-order chi connectivity index (χ1) is 35.3. The van der Waals surface area contributed by atoms with E-state index in [-0.39, 0.29) is 102 Å². The van der Waals surface area contributed by atoms with Gasteiger partial charge < -0.3 is 75.9 Å². The molecule has 0 bridgehead atoms. The van der Waals surface area contributed by atoms with E-state index in [1.54, 1.807) is 30.3 Å². The number of aliphatic hydroxyl groups excluding tert-OH is 1. The Labute approximate surface area is 436 Å². The zero-order valence-corrected chi connectivity index (χ0v) is 44.3. The van der Waals surface area contributed by atoms with Crippen LogP contribution in [0, 0.1) is 11.8 Å². The molecule has 0 aromatic heterocycles. The van der Waals surface area contributed by atoms with Gasteiger partial charge in [0, 0.05) is 13.0 Å². The van der Waals surface area contributed by atoms with E-state index in [9.17, 15) is 48.3 Å². The van der Waals surface area contributed by atoms with E-state index in [1.807, 2.05) is 27.7 Å². The van der Waals surface area contributed by atoms with Crippen LogP contribution in [0.4, 0.5) is 0 Å². The summed E-state index contributed by atoms with van der Waals surface area (Å²) in [5, 5.41) is 34.7. The molecule has 1 aromatic rings. The highest BCUT2D eigenvalue weighted by Crippen LogP contribution is 2.13. The van der Waals surface area contributed by atoms with Crippen molar-refractivity contribution in [2.75, 3.05) is 32.7 Å². The average molecular weight is 1040 g/mol. The summed E-state index contributed by atoms with van der Waals surface area (Å²) in [6.07, 6.45) is 3.60. The number of hydrogen-bond donors (Lipinski definition) is 14. The molecule has 1 aliphatic heterocycles. The van der Waals surface area contributed by atoms with Gasteiger partial charge in [-0.05, 0) is 94.9 Å². The fraction of sp³-hybridized carbons (Fsp3) is 0.706. The molecule has 0 radical (unpaired) electrons. The Morgan fingerprint density at radius 2 is 1.05 bits per heavy atom. The number of rotatable bonds is 25. The van der Waals surface area contributed by atoms with Gasteiger partial charge in [-0.1, -0.05) is 97.1 Å². The monoisotopic (exact) mass is 1040 g/mol. The zero-order chi connectivity index (χ0) is 55.2. The third kappa shape index (κ3) is 24.5. The first-order valence-electron chi connectivity index (χ1n) is 26.5. The van der Waals surface area contributed by atoms with Gasteiger partial charge in [0.1, 0.15) is 48.3 Å². The lowest BCUT2D eigenvalue weighted by atomic mass is 10.00. The lowest BCUT2D eigenvalue weighted by molar-refractivity contribution is -0.136. The minimum Gasteiger partial charge on any atom is -0.393 e. The maximum absolute atomic E-state index is 14.3. The fourth-order valence-electron chi connectivity index (χ4n) is 8.40. The second-order valence-corrected chi connectivity index (χ2v) is 19.9. The average Bonchev–Trinajstić information content (AvgIpc) is 3.34. The Morgan fingerprint density at radius 1 is 0.595 bits per heavy atom. The molecule has 18 N–H and O–H groups in total. The van der Waals surface area contributed by atoms with Crippen molar-refractivity contribution in [3.05, 3.63) is 35.9 Å². The second kappa shape index (κ2) is 35.4. The molecule has 2 rings (SSSR count). The summed E-state index contributed by atoms with van der Waals surface area (Å²) >= 11 is 0. The Bertz CT molecular complexity index is 1930. The van der Waals surface area contributed by atoms with Crippen LogP contribution in [-0.2, 0) is 49.6 Å². The van der Waals surface area contributed by atoms with Crippen molar-refractivity contribution in [2.45, 2.75) is 185 Å². The van der Waals surface area contributed by atoms with Gasteiger partial charge in [0.05, 0.1) is 12.5 Å². The molecule has 74 heavy (non-hydrogen) atoms. The van der Waals surface area contributed by atoms with Gasteiger partial charge >= 0.3 is 0 Å². The van der Waals surface area contributed by atoms with Crippen molar-refractivity contribution in [1.82, 2.24) is 47.9 Å². The van der Waals surface area contributed by atoms with Crippen LogP contribution >= 0.6 is 0 Å². The number of unbranched alkanes of at least 4 members (excludes halogenated alkanes) is 4. The predicted molar refractivity (Wildman–Crippen MR) is 281 cm³/mol. The van der Waals surface area contributed by atoms with Gasteiger partial charge in [-0.25, -0.2) is 0 Å². The third-order valence-corrected chi connectivity index (χ3v) is 12.4. The first kappa shape index (κ1) is 64.4. The molecule has 1 aliphatic rings. The van der Waals surface area contributed by atoms with Gasteiger partial charge in [0.25, 0.3) is 0 Å². The minimum absolute atomic E-state index is 0.0365. The molecule has 1 aromatic carbocycles. The Balaban J connectivity index is 2.67. The van der Waals surface area contributed by atoms with Crippen LogP contribution in [0.2, 0.25) is 0 Å². The lowest BCUT2D eigenvalue weighted by Crippen LogP contribution is -2.61. The number of benzene rings is 1. The topological polar surface area (TPSA) is 386 Å². The fourth-order valence-corrected chi connectivity index (χ4v) is 8.40. The largest absolute Gasteiger partial charge is 0.393 e. The minimum atomic E-state index is -1.46. The summed E-state index contributed by atoms with van der Waals surface area (Å²) in [5.41, 5.74) is 24.3. The van der Waals surface area contributed by atoms with Crippen LogP contribution in [0.15, 0.2) is 30.3 Å². The van der Waals surface area contributed by atoms with E-state index in [4.69, 9.17) is 22.9 Å². The number of aliphatic hydroxyl groups is 1. The molecular weight excluding hydrogens is 955 g/mol. The van der Waals surface area contributed by atoms with E-state index in [0.29, 0.717) is 12.0 Å². The molecule has 0 aliphatic carbocycles. The van der Waals surface area contributed by atoms with E-state index in [1.165, 1.54) is 0 Å². The molecule has 1 heterocycles. The number of carbonyl (C=O) groups excluding carboxylic acids is 9. The van der Waals surface area contributed by atoms with Gasteiger partial charge in [0.2, 0.25) is 53.2 Å². The Morgan fingerprint density at radius 3 is 1.55 bits per heavy atom. The van der Waals surface area contributed by atoms with E-state index < -0.39 is 108 Å². The number of carbonyl (C=O) groups is 9. The van der Waals surface area contributed by atoms with Crippen LogP contribution in [0.25, 0.3) is 0 Å². The maximum atomic E-state index is 14.3. The van der Waals surface area contributed by atoms with E-state index >= 15 is 0 Å². The van der Waals surface area contributed by atoms with Gasteiger partial charge in [0.15, 0.2) is 0 Å². The highest BCUT2D eigenvalue weighted by molar-refractivity contribution is 5.98.